The normalized spacial score (nSPS) is 18.3. The molecule has 2 heterocycles. The van der Waals surface area contributed by atoms with E-state index in [1.165, 1.54) is 12.8 Å². The number of benzene rings is 1. The first kappa shape index (κ1) is 15.1. The van der Waals surface area contributed by atoms with Gasteiger partial charge in [0.25, 0.3) is 5.91 Å². The number of carbonyl (C=O) groups excluding carboxylic acids is 1. The lowest BCUT2D eigenvalue weighted by Gasteiger charge is -2.32. The van der Waals surface area contributed by atoms with Crippen LogP contribution >= 0.6 is 0 Å². The number of likely N-dealkylation sites (tertiary alicyclic amines) is 1. The van der Waals surface area contributed by atoms with Crippen molar-refractivity contribution in [3.63, 3.8) is 0 Å². The van der Waals surface area contributed by atoms with Gasteiger partial charge in [0.2, 0.25) is 0 Å². The Hall–Kier alpha value is -1.79. The van der Waals surface area contributed by atoms with Crippen LogP contribution in [0.4, 0.5) is 5.69 Å². The van der Waals surface area contributed by atoms with Gasteiger partial charge in [0.15, 0.2) is 18.1 Å². The molecule has 0 atom stereocenters. The van der Waals surface area contributed by atoms with Crippen LogP contribution in [0.15, 0.2) is 12.1 Å². The van der Waals surface area contributed by atoms with Crippen LogP contribution in [0.25, 0.3) is 0 Å². The minimum Gasteiger partial charge on any atom is -0.493 e. The molecule has 1 N–H and O–H groups in total. The lowest BCUT2D eigenvalue weighted by atomic mass is 10.1. The van der Waals surface area contributed by atoms with Crippen LogP contribution in [-0.4, -0.2) is 55.8 Å². The van der Waals surface area contributed by atoms with E-state index in [0.29, 0.717) is 29.3 Å². The lowest BCUT2D eigenvalue weighted by Crippen LogP contribution is -2.43. The third-order valence-corrected chi connectivity index (χ3v) is 4.27. The molecule has 0 saturated carbocycles. The number of hydrogen-bond donors (Lipinski definition) is 1. The number of anilines is 1. The molecule has 1 amide bonds. The smallest absolute Gasteiger partial charge is 0.265 e. The molecule has 120 valence electrons. The summed E-state index contributed by atoms with van der Waals surface area (Å²) in [5.41, 5.74) is 1.40. The summed E-state index contributed by atoms with van der Waals surface area (Å²) in [6, 6.07) is 3.55. The Morgan fingerprint density at radius 3 is 2.73 bits per heavy atom. The Kier molecular flexibility index (Phi) is 4.49. The Bertz CT molecular complexity index is 555. The summed E-state index contributed by atoms with van der Waals surface area (Å²) in [4.78, 5) is 16.4. The number of fused-ring (bicyclic) bond motifs is 1. The van der Waals surface area contributed by atoms with Gasteiger partial charge in [0.1, 0.15) is 0 Å². The van der Waals surface area contributed by atoms with Crippen molar-refractivity contribution >= 4 is 11.6 Å². The summed E-state index contributed by atoms with van der Waals surface area (Å²) in [6.07, 6.45) is 2.46. The molecule has 1 fully saturated rings. The number of amides is 1. The molecule has 0 unspecified atom stereocenters. The fourth-order valence-corrected chi connectivity index (χ4v) is 3.07. The van der Waals surface area contributed by atoms with Crippen LogP contribution in [-0.2, 0) is 11.4 Å². The van der Waals surface area contributed by atoms with E-state index in [2.05, 4.69) is 4.90 Å². The molecular formula is C16H22N2O4. The van der Waals surface area contributed by atoms with Crippen molar-refractivity contribution in [2.24, 2.45) is 0 Å². The molecule has 0 aliphatic carbocycles. The minimum atomic E-state index is -0.0994. The zero-order chi connectivity index (χ0) is 15.5. The van der Waals surface area contributed by atoms with Gasteiger partial charge in [-0.1, -0.05) is 0 Å². The maximum atomic E-state index is 12.2. The number of ether oxygens (including phenoxy) is 2. The van der Waals surface area contributed by atoms with E-state index in [9.17, 15) is 9.90 Å². The van der Waals surface area contributed by atoms with E-state index in [1.807, 2.05) is 0 Å². The molecule has 2 aliphatic heterocycles. The van der Waals surface area contributed by atoms with Crippen LogP contribution in [0.1, 0.15) is 18.4 Å². The monoisotopic (exact) mass is 306 g/mol. The van der Waals surface area contributed by atoms with Gasteiger partial charge in [-0.25, -0.2) is 0 Å². The van der Waals surface area contributed by atoms with Crippen LogP contribution in [0.2, 0.25) is 0 Å². The fourth-order valence-electron chi connectivity index (χ4n) is 3.07. The van der Waals surface area contributed by atoms with E-state index >= 15 is 0 Å². The summed E-state index contributed by atoms with van der Waals surface area (Å²) >= 11 is 0. The van der Waals surface area contributed by atoms with Crippen LogP contribution < -0.4 is 14.4 Å². The molecule has 6 nitrogen and oxygen atoms in total. The second-order valence-corrected chi connectivity index (χ2v) is 5.69. The van der Waals surface area contributed by atoms with E-state index < -0.39 is 0 Å². The van der Waals surface area contributed by atoms with Crippen LogP contribution in [0, 0.1) is 0 Å². The van der Waals surface area contributed by atoms with E-state index in [1.54, 1.807) is 24.1 Å². The standard InChI is InChI=1S/C16H22N2O4/c1-21-14-9-12(10-19)8-13-16(14)22-11-15(20)18(13)7-6-17-4-2-3-5-17/h8-9,19H,2-7,10-11H2,1H3. The molecule has 3 rings (SSSR count). The Morgan fingerprint density at radius 1 is 1.27 bits per heavy atom. The Balaban J connectivity index is 1.86. The molecule has 0 spiro atoms. The highest BCUT2D eigenvalue weighted by Crippen LogP contribution is 2.41. The highest BCUT2D eigenvalue weighted by molar-refractivity contribution is 5.98. The number of aliphatic hydroxyl groups is 1. The zero-order valence-electron chi connectivity index (χ0n) is 12.9. The van der Waals surface area contributed by atoms with Gasteiger partial charge in [0, 0.05) is 13.1 Å². The average molecular weight is 306 g/mol. The number of hydrogen-bond acceptors (Lipinski definition) is 5. The largest absolute Gasteiger partial charge is 0.493 e. The molecule has 2 aliphatic rings. The first-order valence-electron chi connectivity index (χ1n) is 7.70. The molecule has 1 saturated heterocycles. The highest BCUT2D eigenvalue weighted by Gasteiger charge is 2.29. The topological polar surface area (TPSA) is 62.2 Å². The molecule has 0 aromatic heterocycles. The molecule has 0 bridgehead atoms. The summed E-state index contributed by atoms with van der Waals surface area (Å²) in [7, 11) is 1.56. The van der Waals surface area contributed by atoms with Crippen molar-refractivity contribution in [2.45, 2.75) is 19.4 Å². The highest BCUT2D eigenvalue weighted by atomic mass is 16.5. The average Bonchev–Trinajstić information content (AvgIpc) is 3.06. The predicted octanol–water partition coefficient (Wildman–Crippen LogP) is 1.01. The van der Waals surface area contributed by atoms with E-state index in [0.717, 1.165) is 19.6 Å². The number of nitrogens with zero attached hydrogens (tertiary/aromatic N) is 2. The zero-order valence-corrected chi connectivity index (χ0v) is 12.9. The third-order valence-electron chi connectivity index (χ3n) is 4.27. The molecule has 1 aromatic rings. The van der Waals surface area contributed by atoms with Gasteiger partial charge in [-0.15, -0.1) is 0 Å². The van der Waals surface area contributed by atoms with Crippen molar-refractivity contribution in [1.82, 2.24) is 4.90 Å². The predicted molar refractivity (Wildman–Crippen MR) is 82.4 cm³/mol. The Morgan fingerprint density at radius 2 is 2.05 bits per heavy atom. The van der Waals surface area contributed by atoms with Gasteiger partial charge < -0.3 is 24.4 Å². The summed E-state index contributed by atoms with van der Waals surface area (Å²) in [5, 5.41) is 9.41. The number of rotatable bonds is 5. The third kappa shape index (κ3) is 2.89. The van der Waals surface area contributed by atoms with Gasteiger partial charge in [-0.05, 0) is 43.6 Å². The molecular weight excluding hydrogens is 284 g/mol. The lowest BCUT2D eigenvalue weighted by molar-refractivity contribution is -0.121. The fraction of sp³-hybridized carbons (Fsp3) is 0.562. The van der Waals surface area contributed by atoms with Crippen LogP contribution in [0.5, 0.6) is 11.5 Å². The first-order valence-corrected chi connectivity index (χ1v) is 7.70. The number of methoxy groups -OCH3 is 1. The SMILES string of the molecule is COc1cc(CO)cc2c1OCC(=O)N2CCN1CCCC1. The quantitative estimate of drug-likeness (QED) is 0.879. The summed E-state index contributed by atoms with van der Waals surface area (Å²) in [5.74, 6) is 1.09. The number of aliphatic hydroxyl groups excluding tert-OH is 1. The van der Waals surface area contributed by atoms with Gasteiger partial charge in [-0.3, -0.25) is 4.79 Å². The van der Waals surface area contributed by atoms with Crippen molar-refractivity contribution in [2.75, 3.05) is 44.8 Å². The number of carbonyl (C=O) groups is 1. The first-order chi connectivity index (χ1) is 10.7. The van der Waals surface area contributed by atoms with Gasteiger partial charge in [-0.2, -0.15) is 0 Å². The van der Waals surface area contributed by atoms with Crippen molar-refractivity contribution in [3.8, 4) is 11.5 Å². The molecule has 6 heteroatoms. The molecule has 1 aromatic carbocycles. The second-order valence-electron chi connectivity index (χ2n) is 5.69. The molecule has 22 heavy (non-hydrogen) atoms. The summed E-state index contributed by atoms with van der Waals surface area (Å²) < 4.78 is 10.9. The maximum Gasteiger partial charge on any atom is 0.265 e. The molecule has 0 radical (unpaired) electrons. The Labute approximate surface area is 130 Å². The van der Waals surface area contributed by atoms with Gasteiger partial charge in [0.05, 0.1) is 19.4 Å². The van der Waals surface area contributed by atoms with E-state index in [-0.39, 0.29) is 19.1 Å². The van der Waals surface area contributed by atoms with Crippen LogP contribution in [0.3, 0.4) is 0 Å². The van der Waals surface area contributed by atoms with E-state index in [4.69, 9.17) is 9.47 Å². The maximum absolute atomic E-state index is 12.2. The van der Waals surface area contributed by atoms with Crippen molar-refractivity contribution in [3.05, 3.63) is 17.7 Å². The van der Waals surface area contributed by atoms with Crippen molar-refractivity contribution < 1.29 is 19.4 Å². The van der Waals surface area contributed by atoms with Gasteiger partial charge >= 0.3 is 0 Å². The van der Waals surface area contributed by atoms with Crippen molar-refractivity contribution in [1.29, 1.82) is 0 Å². The summed E-state index contributed by atoms with van der Waals surface area (Å²) in [6.45, 7) is 3.63. The minimum absolute atomic E-state index is 0.0296. The second kappa shape index (κ2) is 6.54.